The molecule has 2 fully saturated rings. The highest BCUT2D eigenvalue weighted by atomic mass is 31.2. The Morgan fingerprint density at radius 1 is 1.06 bits per heavy atom. The molecule has 9 nitrogen and oxygen atoms in total. The first-order valence-electron chi connectivity index (χ1n) is 11.8. The zero-order valence-electron chi connectivity index (χ0n) is 19.4. The largest absolute Gasteiger partial charge is 0.434 e. The van der Waals surface area contributed by atoms with E-state index in [-0.39, 0.29) is 11.6 Å². The van der Waals surface area contributed by atoms with Crippen LogP contribution in [0.3, 0.4) is 0 Å². The predicted molar refractivity (Wildman–Crippen MR) is 131 cm³/mol. The Morgan fingerprint density at radius 3 is 2.43 bits per heavy atom. The molecule has 0 radical (unpaired) electrons. The molecule has 184 valence electrons. The van der Waals surface area contributed by atoms with Crippen LogP contribution in [0, 0.1) is 0 Å². The number of rotatable bonds is 6. The number of benzene rings is 2. The molecule has 2 aliphatic rings. The molecule has 1 unspecified atom stereocenters. The smallest absolute Gasteiger partial charge is 0.385 e. The van der Waals surface area contributed by atoms with E-state index >= 15 is 0 Å². The van der Waals surface area contributed by atoms with Crippen LogP contribution in [0.2, 0.25) is 0 Å². The Balaban J connectivity index is 1.44. The third-order valence-corrected chi connectivity index (χ3v) is 8.43. The van der Waals surface area contributed by atoms with Crippen molar-refractivity contribution in [1.29, 1.82) is 0 Å². The third-order valence-electron chi connectivity index (χ3n) is 7.15. The van der Waals surface area contributed by atoms with Gasteiger partial charge < -0.3 is 19.1 Å². The number of nitrogens with zero attached hydrogens (tertiary/aromatic N) is 3. The molecule has 4 atom stereocenters. The van der Waals surface area contributed by atoms with E-state index in [2.05, 4.69) is 16.9 Å². The molecule has 0 aliphatic carbocycles. The van der Waals surface area contributed by atoms with Gasteiger partial charge in [-0.1, -0.05) is 36.8 Å². The highest BCUT2D eigenvalue weighted by Gasteiger charge is 2.39. The Bertz CT molecular complexity index is 1330. The molecule has 0 spiro atoms. The van der Waals surface area contributed by atoms with Gasteiger partial charge in [-0.3, -0.25) is 13.9 Å². The average Bonchev–Trinajstić information content (AvgIpc) is 2.84. The van der Waals surface area contributed by atoms with Crippen molar-refractivity contribution in [2.75, 3.05) is 13.8 Å². The maximum atomic E-state index is 13.6. The van der Waals surface area contributed by atoms with Crippen molar-refractivity contribution in [2.24, 2.45) is 0 Å². The standard InChI is InChI=1S/C25H28N3O6P/c1-27-18-10-7-11-19(27)15-20(14-18)28-22-13-6-5-12-21(22)26-23(24(28)29)35(31,32)34-16-33-25(30)17-8-3-2-4-9-17/h2-6,8-9,12-13,18-20H,7,10-11,14-16H2,1H3,(H,31,32)/t18-,19+,20+. The average molecular weight is 497 g/mol. The quantitative estimate of drug-likeness (QED) is 0.314. The van der Waals surface area contributed by atoms with Gasteiger partial charge in [0.05, 0.1) is 16.6 Å². The van der Waals surface area contributed by atoms with Gasteiger partial charge in [-0.05, 0) is 57.0 Å². The van der Waals surface area contributed by atoms with Crippen molar-refractivity contribution in [3.05, 3.63) is 70.5 Å². The van der Waals surface area contributed by atoms with Crippen LogP contribution in [-0.4, -0.2) is 51.2 Å². The van der Waals surface area contributed by atoms with Crippen LogP contribution in [0.15, 0.2) is 59.4 Å². The number of carbonyl (C=O) groups excluding carboxylic acids is 1. The van der Waals surface area contributed by atoms with E-state index in [4.69, 9.17) is 9.26 Å². The van der Waals surface area contributed by atoms with Crippen molar-refractivity contribution >= 4 is 30.0 Å². The molecule has 0 saturated carbocycles. The molecular weight excluding hydrogens is 469 g/mol. The van der Waals surface area contributed by atoms with Crippen LogP contribution >= 0.6 is 7.60 Å². The number of aromatic nitrogens is 2. The summed E-state index contributed by atoms with van der Waals surface area (Å²) in [4.78, 5) is 43.1. The van der Waals surface area contributed by atoms with Crippen LogP contribution in [0.4, 0.5) is 0 Å². The molecule has 3 aromatic rings. The van der Waals surface area contributed by atoms with Crippen molar-refractivity contribution in [2.45, 2.75) is 50.2 Å². The van der Waals surface area contributed by atoms with Crippen LogP contribution in [0.1, 0.15) is 48.5 Å². The number of hydrogen-bond acceptors (Lipinski definition) is 7. The van der Waals surface area contributed by atoms with Crippen molar-refractivity contribution in [1.82, 2.24) is 14.5 Å². The van der Waals surface area contributed by atoms with Gasteiger partial charge in [-0.15, -0.1) is 0 Å². The van der Waals surface area contributed by atoms with Gasteiger partial charge in [-0.25, -0.2) is 9.78 Å². The van der Waals surface area contributed by atoms with Crippen LogP contribution in [-0.2, 0) is 13.8 Å². The summed E-state index contributed by atoms with van der Waals surface area (Å²) in [5.41, 5.74) is 0.144. The van der Waals surface area contributed by atoms with E-state index in [1.807, 2.05) is 12.1 Å². The zero-order chi connectivity index (χ0) is 24.6. The van der Waals surface area contributed by atoms with E-state index in [1.165, 1.54) is 6.42 Å². The lowest BCUT2D eigenvalue weighted by Crippen LogP contribution is -2.52. The van der Waals surface area contributed by atoms with E-state index in [1.54, 1.807) is 47.0 Å². The van der Waals surface area contributed by atoms with E-state index in [0.717, 1.165) is 25.7 Å². The molecule has 3 heterocycles. The number of para-hydroxylation sites is 2. The molecule has 0 amide bonds. The van der Waals surface area contributed by atoms with E-state index in [9.17, 15) is 19.0 Å². The summed E-state index contributed by atoms with van der Waals surface area (Å²) >= 11 is 0. The summed E-state index contributed by atoms with van der Waals surface area (Å²) in [6.45, 7) is -0.784. The summed E-state index contributed by atoms with van der Waals surface area (Å²) in [5.74, 6) is -0.702. The first-order chi connectivity index (χ1) is 16.8. The topological polar surface area (TPSA) is 111 Å². The van der Waals surface area contributed by atoms with Crippen molar-refractivity contribution in [3.8, 4) is 0 Å². The van der Waals surface area contributed by atoms with Gasteiger partial charge in [0.2, 0.25) is 12.2 Å². The number of piperidine rings is 2. The highest BCUT2D eigenvalue weighted by Crippen LogP contribution is 2.41. The molecule has 1 aromatic heterocycles. The van der Waals surface area contributed by atoms with Gasteiger partial charge in [0, 0.05) is 18.1 Å². The second-order valence-corrected chi connectivity index (χ2v) is 10.9. The lowest BCUT2D eigenvalue weighted by Gasteiger charge is -2.47. The summed E-state index contributed by atoms with van der Waals surface area (Å²) < 4.78 is 24.8. The second kappa shape index (κ2) is 9.66. The van der Waals surface area contributed by atoms with Crippen LogP contribution in [0.25, 0.3) is 11.0 Å². The number of carbonyl (C=O) groups is 1. The van der Waals surface area contributed by atoms with Crippen molar-refractivity contribution in [3.63, 3.8) is 0 Å². The Kier molecular flexibility index (Phi) is 6.59. The van der Waals surface area contributed by atoms with Gasteiger partial charge in [0.15, 0.2) is 0 Å². The van der Waals surface area contributed by atoms with Crippen LogP contribution < -0.4 is 11.0 Å². The summed E-state index contributed by atoms with van der Waals surface area (Å²) in [7, 11) is -2.55. The minimum absolute atomic E-state index is 0.114. The fraction of sp³-hybridized carbons (Fsp3) is 0.400. The molecule has 2 aliphatic heterocycles. The molecule has 1 N–H and O–H groups in total. The first kappa shape index (κ1) is 23.9. The number of fused-ring (bicyclic) bond motifs is 3. The summed E-state index contributed by atoms with van der Waals surface area (Å²) in [5, 5.41) is 0. The van der Waals surface area contributed by atoms with Gasteiger partial charge >= 0.3 is 13.6 Å². The predicted octanol–water partition coefficient (Wildman–Crippen LogP) is 3.23. The molecule has 2 saturated heterocycles. The number of ether oxygens (including phenoxy) is 1. The first-order valence-corrected chi connectivity index (χ1v) is 13.4. The minimum Gasteiger partial charge on any atom is -0.434 e. The Labute approximate surface area is 202 Å². The van der Waals surface area contributed by atoms with E-state index in [0.29, 0.717) is 23.1 Å². The summed E-state index contributed by atoms with van der Waals surface area (Å²) in [6.07, 6.45) is 4.88. The monoisotopic (exact) mass is 497 g/mol. The lowest BCUT2D eigenvalue weighted by molar-refractivity contribution is 0.0134. The minimum atomic E-state index is -4.68. The van der Waals surface area contributed by atoms with Crippen LogP contribution in [0.5, 0.6) is 0 Å². The maximum absolute atomic E-state index is 13.6. The third kappa shape index (κ3) is 4.69. The van der Waals surface area contributed by atoms with E-state index < -0.39 is 31.4 Å². The van der Waals surface area contributed by atoms with Gasteiger partial charge in [-0.2, -0.15) is 0 Å². The molecule has 10 heteroatoms. The molecule has 2 aromatic carbocycles. The number of esters is 1. The summed E-state index contributed by atoms with van der Waals surface area (Å²) in [6, 6.07) is 15.9. The Morgan fingerprint density at radius 2 is 1.71 bits per heavy atom. The fourth-order valence-electron chi connectivity index (χ4n) is 5.36. The number of hydrogen-bond donors (Lipinski definition) is 1. The highest BCUT2D eigenvalue weighted by molar-refractivity contribution is 7.60. The van der Waals surface area contributed by atoms with Gasteiger partial charge in [0.25, 0.3) is 5.56 Å². The Hall–Kier alpha value is -2.84. The maximum Gasteiger partial charge on any atom is 0.385 e. The lowest BCUT2D eigenvalue weighted by atomic mass is 9.82. The SMILES string of the molecule is CN1[C@@H]2CCC[C@H]1C[C@@H](n1c(=O)c(P(=O)(O)OCOC(=O)c3ccccc3)nc3ccccc31)C2. The molecular formula is C25H28N3O6P. The fourth-order valence-corrected chi connectivity index (χ4v) is 6.26. The second-order valence-electron chi connectivity index (χ2n) is 9.19. The molecule has 35 heavy (non-hydrogen) atoms. The molecule has 2 bridgehead atoms. The normalized spacial score (nSPS) is 24.1. The van der Waals surface area contributed by atoms with Crippen molar-refractivity contribution < 1.29 is 23.5 Å². The van der Waals surface area contributed by atoms with Gasteiger partial charge in [0.1, 0.15) is 0 Å². The molecule has 5 rings (SSSR count). The zero-order valence-corrected chi connectivity index (χ0v) is 20.3.